The number of methoxy groups -OCH3 is 1. The molecule has 1 aliphatic rings. The van der Waals surface area contributed by atoms with Crippen LogP contribution in [0.1, 0.15) is 33.1 Å². The van der Waals surface area contributed by atoms with Gasteiger partial charge in [0.15, 0.2) is 0 Å². The van der Waals surface area contributed by atoms with Crippen LogP contribution in [0.25, 0.3) is 0 Å². The Balaban J connectivity index is 2.88. The summed E-state index contributed by atoms with van der Waals surface area (Å²) in [6, 6.07) is 0.100. The fraction of sp³-hybridized carbons (Fsp3) is 0.636. The van der Waals surface area contributed by atoms with Gasteiger partial charge in [-0.05, 0) is 13.3 Å². The van der Waals surface area contributed by atoms with Crippen molar-refractivity contribution >= 4 is 11.7 Å². The van der Waals surface area contributed by atoms with Crippen molar-refractivity contribution in [1.29, 1.82) is 0 Å². The van der Waals surface area contributed by atoms with Gasteiger partial charge < -0.3 is 9.84 Å². The number of esters is 1. The molecule has 1 aliphatic heterocycles. The number of aliphatic imine (C=N–C) groups is 1. The molecular weight excluding hydrogens is 194 g/mol. The maximum Gasteiger partial charge on any atom is 0.343 e. The molecule has 1 N–H and O–H groups in total. The highest BCUT2D eigenvalue weighted by molar-refractivity contribution is 6.19. The minimum absolute atomic E-state index is 0.100. The van der Waals surface area contributed by atoms with Crippen molar-refractivity contribution in [2.75, 3.05) is 7.11 Å². The summed E-state index contributed by atoms with van der Waals surface area (Å²) >= 11 is 0. The molecule has 1 atom stereocenters. The van der Waals surface area contributed by atoms with Crippen LogP contribution in [0.3, 0.4) is 0 Å². The van der Waals surface area contributed by atoms with Crippen molar-refractivity contribution in [2.24, 2.45) is 4.99 Å². The van der Waals surface area contributed by atoms with E-state index in [1.54, 1.807) is 6.92 Å². The van der Waals surface area contributed by atoms with Crippen molar-refractivity contribution in [3.05, 3.63) is 11.3 Å². The lowest BCUT2D eigenvalue weighted by atomic mass is 9.98. The van der Waals surface area contributed by atoms with Gasteiger partial charge in [0.05, 0.1) is 13.2 Å². The molecular formula is C11H17NO3. The second-order valence-corrected chi connectivity index (χ2v) is 3.67. The molecule has 0 aliphatic carbocycles. The molecule has 0 aromatic carbocycles. The third-order valence-electron chi connectivity index (χ3n) is 2.47. The lowest BCUT2D eigenvalue weighted by Crippen LogP contribution is -2.23. The molecule has 0 saturated heterocycles. The summed E-state index contributed by atoms with van der Waals surface area (Å²) in [5.41, 5.74) is 0.800. The summed E-state index contributed by atoms with van der Waals surface area (Å²) in [5.74, 6) is -0.406. The molecule has 4 nitrogen and oxygen atoms in total. The van der Waals surface area contributed by atoms with E-state index >= 15 is 0 Å². The Hall–Kier alpha value is -1.32. The fourth-order valence-electron chi connectivity index (χ4n) is 1.79. The predicted molar refractivity (Wildman–Crippen MR) is 58.1 cm³/mol. The first-order chi connectivity index (χ1) is 7.10. The number of hydrogen-bond donors (Lipinski definition) is 1. The average molecular weight is 211 g/mol. The summed E-state index contributed by atoms with van der Waals surface area (Å²) in [5, 5.41) is 9.74. The minimum atomic E-state index is -0.510. The van der Waals surface area contributed by atoms with Crippen LogP contribution in [0.2, 0.25) is 0 Å². The van der Waals surface area contributed by atoms with Gasteiger partial charge in [-0.3, -0.25) is 4.99 Å². The van der Waals surface area contributed by atoms with E-state index < -0.39 is 5.97 Å². The van der Waals surface area contributed by atoms with Crippen LogP contribution < -0.4 is 0 Å². The van der Waals surface area contributed by atoms with Gasteiger partial charge in [0.2, 0.25) is 0 Å². The number of carbonyl (C=O) groups is 1. The Bertz CT molecular complexity index is 318. The van der Waals surface area contributed by atoms with E-state index in [1.807, 2.05) is 0 Å². The number of nitrogens with zero attached hydrogens (tertiary/aromatic N) is 1. The molecule has 0 amide bonds. The van der Waals surface area contributed by atoms with Crippen molar-refractivity contribution in [1.82, 2.24) is 0 Å². The monoisotopic (exact) mass is 211 g/mol. The number of hydrogen-bond acceptors (Lipinski definition) is 4. The van der Waals surface area contributed by atoms with Crippen LogP contribution in [0, 0.1) is 0 Å². The second kappa shape index (κ2) is 4.96. The first-order valence-corrected chi connectivity index (χ1v) is 5.15. The third-order valence-corrected chi connectivity index (χ3v) is 2.47. The molecule has 1 unspecified atom stereocenters. The summed E-state index contributed by atoms with van der Waals surface area (Å²) in [4.78, 5) is 15.7. The van der Waals surface area contributed by atoms with Crippen molar-refractivity contribution < 1.29 is 14.6 Å². The Morgan fingerprint density at radius 2 is 2.33 bits per heavy atom. The summed E-state index contributed by atoms with van der Waals surface area (Å²) in [6.07, 6.45) is 2.38. The molecule has 0 aromatic rings. The zero-order chi connectivity index (χ0) is 11.4. The SMILES string of the molecule is CCCC1CC(O)=C(C(=O)OC)C(C)=N1. The Morgan fingerprint density at radius 3 is 2.80 bits per heavy atom. The molecule has 4 heteroatoms. The maximum atomic E-state index is 11.3. The molecule has 0 spiro atoms. The number of rotatable bonds is 3. The topological polar surface area (TPSA) is 58.9 Å². The smallest absolute Gasteiger partial charge is 0.343 e. The normalized spacial score (nSPS) is 21.3. The Kier molecular flexibility index (Phi) is 3.88. The van der Waals surface area contributed by atoms with Gasteiger partial charge in [-0.15, -0.1) is 0 Å². The molecule has 0 fully saturated rings. The van der Waals surface area contributed by atoms with E-state index in [2.05, 4.69) is 16.7 Å². The first-order valence-electron chi connectivity index (χ1n) is 5.15. The molecule has 1 rings (SSSR count). The van der Waals surface area contributed by atoms with Gasteiger partial charge in [0, 0.05) is 12.1 Å². The largest absolute Gasteiger partial charge is 0.511 e. The summed E-state index contributed by atoms with van der Waals surface area (Å²) in [7, 11) is 1.30. The summed E-state index contributed by atoms with van der Waals surface area (Å²) < 4.78 is 4.59. The van der Waals surface area contributed by atoms with E-state index in [0.717, 1.165) is 12.8 Å². The van der Waals surface area contributed by atoms with Crippen LogP contribution in [-0.2, 0) is 9.53 Å². The minimum Gasteiger partial charge on any atom is -0.511 e. The standard InChI is InChI=1S/C11H17NO3/c1-4-5-8-6-9(13)10(7(2)12-8)11(14)15-3/h8,13H,4-6H2,1-3H3. The average Bonchev–Trinajstić information content (AvgIpc) is 2.16. The van der Waals surface area contributed by atoms with Crippen LogP contribution in [0.5, 0.6) is 0 Å². The van der Waals surface area contributed by atoms with E-state index in [1.165, 1.54) is 7.11 Å². The van der Waals surface area contributed by atoms with E-state index in [9.17, 15) is 9.90 Å². The summed E-state index contributed by atoms with van der Waals surface area (Å²) in [6.45, 7) is 3.80. The lowest BCUT2D eigenvalue weighted by Gasteiger charge is -2.20. The fourth-order valence-corrected chi connectivity index (χ4v) is 1.79. The van der Waals surface area contributed by atoms with E-state index in [0.29, 0.717) is 12.1 Å². The van der Waals surface area contributed by atoms with Crippen LogP contribution in [0.4, 0.5) is 0 Å². The number of aliphatic hydroxyl groups is 1. The zero-order valence-corrected chi connectivity index (χ0v) is 9.41. The highest BCUT2D eigenvalue weighted by atomic mass is 16.5. The van der Waals surface area contributed by atoms with Gasteiger partial charge in [-0.25, -0.2) is 4.79 Å². The van der Waals surface area contributed by atoms with E-state index in [4.69, 9.17) is 0 Å². The van der Waals surface area contributed by atoms with Gasteiger partial charge in [0.1, 0.15) is 11.3 Å². The Labute approximate surface area is 89.7 Å². The highest BCUT2D eigenvalue weighted by Gasteiger charge is 2.25. The van der Waals surface area contributed by atoms with Crippen LogP contribution >= 0.6 is 0 Å². The number of dihydropyridines is 1. The maximum absolute atomic E-state index is 11.3. The molecule has 0 aromatic heterocycles. The van der Waals surface area contributed by atoms with Gasteiger partial charge >= 0.3 is 5.97 Å². The first kappa shape index (κ1) is 11.8. The lowest BCUT2D eigenvalue weighted by molar-refractivity contribution is -0.135. The van der Waals surface area contributed by atoms with Crippen LogP contribution in [0.15, 0.2) is 16.3 Å². The van der Waals surface area contributed by atoms with Gasteiger partial charge in [-0.1, -0.05) is 13.3 Å². The van der Waals surface area contributed by atoms with E-state index in [-0.39, 0.29) is 17.4 Å². The molecule has 0 saturated carbocycles. The zero-order valence-electron chi connectivity index (χ0n) is 9.41. The molecule has 15 heavy (non-hydrogen) atoms. The van der Waals surface area contributed by atoms with Gasteiger partial charge in [0.25, 0.3) is 0 Å². The third kappa shape index (κ3) is 2.58. The number of ether oxygens (including phenoxy) is 1. The van der Waals surface area contributed by atoms with Crippen LogP contribution in [-0.4, -0.2) is 29.9 Å². The number of carbonyl (C=O) groups excluding carboxylic acids is 1. The quantitative estimate of drug-likeness (QED) is 0.726. The number of aliphatic hydroxyl groups excluding tert-OH is 1. The highest BCUT2D eigenvalue weighted by Crippen LogP contribution is 2.22. The van der Waals surface area contributed by atoms with Crippen molar-refractivity contribution in [3.63, 3.8) is 0 Å². The molecule has 0 bridgehead atoms. The Morgan fingerprint density at radius 1 is 1.67 bits per heavy atom. The predicted octanol–water partition coefficient (Wildman–Crippen LogP) is 2.00. The van der Waals surface area contributed by atoms with Crippen molar-refractivity contribution in [2.45, 2.75) is 39.2 Å². The van der Waals surface area contributed by atoms with Gasteiger partial charge in [-0.2, -0.15) is 0 Å². The molecule has 1 heterocycles. The van der Waals surface area contributed by atoms with Crippen molar-refractivity contribution in [3.8, 4) is 0 Å². The second-order valence-electron chi connectivity index (χ2n) is 3.67. The molecule has 0 radical (unpaired) electrons. The molecule has 84 valence electrons.